The minimum atomic E-state index is -0.246. The van der Waals surface area contributed by atoms with E-state index in [2.05, 4.69) is 29.8 Å². The summed E-state index contributed by atoms with van der Waals surface area (Å²) in [4.78, 5) is 11.8. The lowest BCUT2D eigenvalue weighted by Gasteiger charge is -2.28. The summed E-state index contributed by atoms with van der Waals surface area (Å²) in [7, 11) is 0. The quantitative estimate of drug-likeness (QED) is 0.520. The third kappa shape index (κ3) is 3.60. The number of hydrogen-bond donors (Lipinski definition) is 0. The Bertz CT molecular complexity index is 165. The van der Waals surface area contributed by atoms with Crippen molar-refractivity contribution in [2.45, 2.75) is 46.5 Å². The summed E-state index contributed by atoms with van der Waals surface area (Å²) in [5, 5.41) is 0.953. The highest BCUT2D eigenvalue weighted by Crippen LogP contribution is 2.33. The zero-order valence-corrected chi connectivity index (χ0v) is 11.0. The summed E-state index contributed by atoms with van der Waals surface area (Å²) >= 11 is 3.40. The predicted molar refractivity (Wildman–Crippen MR) is 62.7 cm³/mol. The minimum absolute atomic E-state index is 0.0223. The average molecular weight is 265 g/mol. The van der Waals surface area contributed by atoms with Gasteiger partial charge in [-0.05, 0) is 32.6 Å². The molecule has 2 nitrogen and oxygen atoms in total. The van der Waals surface area contributed by atoms with Gasteiger partial charge < -0.3 is 4.74 Å². The third-order valence-electron chi connectivity index (χ3n) is 2.85. The van der Waals surface area contributed by atoms with E-state index in [1.807, 2.05) is 6.92 Å². The molecule has 0 radical (unpaired) electrons. The fourth-order valence-electron chi connectivity index (χ4n) is 1.68. The lowest BCUT2D eigenvalue weighted by Crippen LogP contribution is -2.32. The van der Waals surface area contributed by atoms with E-state index in [4.69, 9.17) is 4.74 Å². The Balaban J connectivity index is 4.42. The number of carbonyl (C=O) groups excluding carboxylic acids is 1. The number of rotatable bonds is 7. The number of carbonyl (C=O) groups is 1. The van der Waals surface area contributed by atoms with Crippen LogP contribution in [0.3, 0.4) is 0 Å². The van der Waals surface area contributed by atoms with E-state index in [1.165, 1.54) is 0 Å². The van der Waals surface area contributed by atoms with E-state index in [0.29, 0.717) is 6.61 Å². The molecule has 84 valence electrons. The fourth-order valence-corrected chi connectivity index (χ4v) is 1.96. The summed E-state index contributed by atoms with van der Waals surface area (Å²) in [5.74, 6) is -0.0223. The summed E-state index contributed by atoms with van der Waals surface area (Å²) in [6.07, 6.45) is 3.69. The summed E-state index contributed by atoms with van der Waals surface area (Å²) in [6, 6.07) is 0. The number of halogens is 1. The van der Waals surface area contributed by atoms with Gasteiger partial charge in [-0.3, -0.25) is 4.79 Å². The second-order valence-electron chi connectivity index (χ2n) is 3.50. The smallest absolute Gasteiger partial charge is 0.312 e. The molecule has 0 aliphatic rings. The molecular weight excluding hydrogens is 244 g/mol. The van der Waals surface area contributed by atoms with Crippen molar-refractivity contribution < 1.29 is 9.53 Å². The van der Waals surface area contributed by atoms with Gasteiger partial charge in [0.1, 0.15) is 0 Å². The van der Waals surface area contributed by atoms with Gasteiger partial charge in [-0.2, -0.15) is 0 Å². The Morgan fingerprint density at radius 3 is 2.21 bits per heavy atom. The van der Waals surface area contributed by atoms with E-state index < -0.39 is 0 Å². The molecule has 0 unspecified atom stereocenters. The van der Waals surface area contributed by atoms with Gasteiger partial charge in [-0.15, -0.1) is 0 Å². The Morgan fingerprint density at radius 2 is 1.86 bits per heavy atom. The molecule has 0 saturated carbocycles. The van der Waals surface area contributed by atoms with E-state index in [0.717, 1.165) is 31.0 Å². The first kappa shape index (κ1) is 13.9. The maximum atomic E-state index is 11.8. The Labute approximate surface area is 95.5 Å². The van der Waals surface area contributed by atoms with Gasteiger partial charge in [0.2, 0.25) is 0 Å². The highest BCUT2D eigenvalue weighted by atomic mass is 79.9. The molecule has 0 saturated heterocycles. The second kappa shape index (κ2) is 7.27. The molecule has 0 N–H and O–H groups in total. The van der Waals surface area contributed by atoms with Gasteiger partial charge in [0.25, 0.3) is 0 Å². The highest BCUT2D eigenvalue weighted by molar-refractivity contribution is 9.09. The Hall–Kier alpha value is -0.0500. The van der Waals surface area contributed by atoms with Gasteiger partial charge in [0, 0.05) is 5.33 Å². The van der Waals surface area contributed by atoms with Crippen LogP contribution in [-0.2, 0) is 9.53 Å². The van der Waals surface area contributed by atoms with Crippen LogP contribution in [0.15, 0.2) is 0 Å². The van der Waals surface area contributed by atoms with Crippen LogP contribution in [0.4, 0.5) is 0 Å². The molecule has 0 fully saturated rings. The lowest BCUT2D eigenvalue weighted by atomic mass is 9.78. The molecule has 0 aliphatic carbocycles. The maximum absolute atomic E-state index is 11.8. The van der Waals surface area contributed by atoms with Crippen LogP contribution in [0, 0.1) is 5.41 Å². The molecule has 0 atom stereocenters. The number of hydrogen-bond acceptors (Lipinski definition) is 2. The topological polar surface area (TPSA) is 26.3 Å². The van der Waals surface area contributed by atoms with Crippen molar-refractivity contribution in [1.82, 2.24) is 0 Å². The molecule has 0 spiro atoms. The van der Waals surface area contributed by atoms with Crippen LogP contribution in [0.1, 0.15) is 46.5 Å². The van der Waals surface area contributed by atoms with Crippen LogP contribution in [0.5, 0.6) is 0 Å². The zero-order chi connectivity index (χ0) is 11.0. The summed E-state index contributed by atoms with van der Waals surface area (Å²) in [6.45, 7) is 6.47. The molecule has 14 heavy (non-hydrogen) atoms. The van der Waals surface area contributed by atoms with Crippen molar-refractivity contribution >= 4 is 21.9 Å². The minimum Gasteiger partial charge on any atom is -0.466 e. The lowest BCUT2D eigenvalue weighted by molar-refractivity contribution is -0.156. The fraction of sp³-hybridized carbons (Fsp3) is 0.909. The van der Waals surface area contributed by atoms with Crippen LogP contribution in [-0.4, -0.2) is 17.9 Å². The second-order valence-corrected chi connectivity index (χ2v) is 4.29. The molecule has 0 aliphatic heterocycles. The van der Waals surface area contributed by atoms with Crippen LogP contribution >= 0.6 is 15.9 Å². The van der Waals surface area contributed by atoms with Crippen molar-refractivity contribution in [2.75, 3.05) is 11.9 Å². The van der Waals surface area contributed by atoms with E-state index >= 15 is 0 Å². The average Bonchev–Trinajstić information content (AvgIpc) is 2.21. The van der Waals surface area contributed by atoms with Crippen molar-refractivity contribution in [2.24, 2.45) is 5.41 Å². The molecule has 0 bridgehead atoms. The molecule has 3 heteroatoms. The third-order valence-corrected chi connectivity index (χ3v) is 3.41. The first-order valence-electron chi connectivity index (χ1n) is 5.40. The molecular formula is C11H21BrO2. The largest absolute Gasteiger partial charge is 0.466 e. The maximum Gasteiger partial charge on any atom is 0.312 e. The molecule has 0 aromatic rings. The van der Waals surface area contributed by atoms with Crippen LogP contribution in [0.2, 0.25) is 0 Å². The van der Waals surface area contributed by atoms with E-state index in [-0.39, 0.29) is 11.4 Å². The highest BCUT2D eigenvalue weighted by Gasteiger charge is 2.35. The van der Waals surface area contributed by atoms with Gasteiger partial charge in [-0.1, -0.05) is 29.8 Å². The number of esters is 1. The normalized spacial score (nSPS) is 11.4. The summed E-state index contributed by atoms with van der Waals surface area (Å²) < 4.78 is 5.13. The van der Waals surface area contributed by atoms with Crippen molar-refractivity contribution in [3.05, 3.63) is 0 Å². The zero-order valence-electron chi connectivity index (χ0n) is 9.44. The molecule has 0 rings (SSSR count). The van der Waals surface area contributed by atoms with Gasteiger partial charge in [0.05, 0.1) is 12.0 Å². The molecule has 0 amide bonds. The molecule has 0 aromatic heterocycles. The molecule has 0 aromatic carbocycles. The first-order chi connectivity index (χ1) is 6.66. The van der Waals surface area contributed by atoms with Crippen molar-refractivity contribution in [3.8, 4) is 0 Å². The predicted octanol–water partition coefficient (Wildman–Crippen LogP) is 3.53. The first-order valence-corrected chi connectivity index (χ1v) is 6.52. The van der Waals surface area contributed by atoms with E-state index in [9.17, 15) is 4.79 Å². The van der Waals surface area contributed by atoms with Crippen molar-refractivity contribution in [3.63, 3.8) is 0 Å². The Kier molecular flexibility index (Phi) is 7.24. The Morgan fingerprint density at radius 1 is 1.29 bits per heavy atom. The molecule has 0 heterocycles. The van der Waals surface area contributed by atoms with E-state index in [1.54, 1.807) is 0 Å². The number of ether oxygens (including phenoxy) is 1. The van der Waals surface area contributed by atoms with Gasteiger partial charge >= 0.3 is 5.97 Å². The van der Waals surface area contributed by atoms with Crippen molar-refractivity contribution in [1.29, 1.82) is 0 Å². The summed E-state index contributed by atoms with van der Waals surface area (Å²) in [5.41, 5.74) is -0.246. The van der Waals surface area contributed by atoms with Gasteiger partial charge in [-0.25, -0.2) is 0 Å². The van der Waals surface area contributed by atoms with Crippen LogP contribution in [0.25, 0.3) is 0 Å². The number of alkyl halides is 1. The van der Waals surface area contributed by atoms with Gasteiger partial charge in [0.15, 0.2) is 0 Å². The SMILES string of the molecule is CCOC(=O)C(CC)(CC)CCCBr. The monoisotopic (exact) mass is 264 g/mol. The van der Waals surface area contributed by atoms with Crippen LogP contribution < -0.4 is 0 Å². The standard InChI is InChI=1S/C11H21BrO2/c1-4-11(5-2,8-7-9-12)10(13)14-6-3/h4-9H2,1-3H3.